The lowest BCUT2D eigenvalue weighted by Gasteiger charge is -2.28. The van der Waals surface area contributed by atoms with Gasteiger partial charge in [-0.15, -0.1) is 10.2 Å². The summed E-state index contributed by atoms with van der Waals surface area (Å²) in [7, 11) is 0. The molecule has 2 aromatic rings. The van der Waals surface area contributed by atoms with E-state index >= 15 is 0 Å². The minimum atomic E-state index is -0.0144. The van der Waals surface area contributed by atoms with Crippen LogP contribution in [0.2, 0.25) is 5.02 Å². The summed E-state index contributed by atoms with van der Waals surface area (Å²) in [5.41, 5.74) is 2.51. The Bertz CT molecular complexity index is 773. The van der Waals surface area contributed by atoms with Crippen LogP contribution in [-0.2, 0) is 13.0 Å². The second-order valence-corrected chi connectivity index (χ2v) is 6.40. The van der Waals surface area contributed by atoms with Gasteiger partial charge in [-0.3, -0.25) is 4.79 Å². The quantitative estimate of drug-likeness (QED) is 0.795. The average Bonchev–Trinajstić information content (AvgIpc) is 2.59. The molecule has 0 fully saturated rings. The Balaban J connectivity index is 1.78. The number of carbonyl (C=O) groups is 1. The summed E-state index contributed by atoms with van der Waals surface area (Å²) in [6.45, 7) is 5.01. The summed E-state index contributed by atoms with van der Waals surface area (Å²) in [6, 6.07) is 8.90. The molecule has 2 heterocycles. The number of carbonyl (C=O) groups excluding carboxylic acids is 1. The van der Waals surface area contributed by atoms with Crippen LogP contribution in [0.3, 0.4) is 0 Å². The Morgan fingerprint density at radius 2 is 2.00 bits per heavy atom. The Morgan fingerprint density at radius 3 is 2.71 bits per heavy atom. The van der Waals surface area contributed by atoms with E-state index in [1.165, 1.54) is 0 Å². The van der Waals surface area contributed by atoms with Gasteiger partial charge in [0.25, 0.3) is 5.91 Å². The van der Waals surface area contributed by atoms with E-state index in [-0.39, 0.29) is 11.9 Å². The summed E-state index contributed by atoms with van der Waals surface area (Å²) in [6.07, 6.45) is 0.684. The van der Waals surface area contributed by atoms with Crippen LogP contribution >= 0.6 is 11.6 Å². The van der Waals surface area contributed by atoms with E-state index in [2.05, 4.69) is 20.4 Å². The molecule has 24 heavy (non-hydrogen) atoms. The molecule has 124 valence electrons. The molecule has 0 saturated carbocycles. The van der Waals surface area contributed by atoms with Gasteiger partial charge < -0.3 is 4.90 Å². The highest BCUT2D eigenvalue weighted by molar-refractivity contribution is 6.30. The summed E-state index contributed by atoms with van der Waals surface area (Å²) >= 11 is 5.88. The fraction of sp³-hybridized carbons (Fsp3) is 0.353. The summed E-state index contributed by atoms with van der Waals surface area (Å²) in [4.78, 5) is 14.4. The monoisotopic (exact) mass is 343 g/mol. The lowest BCUT2D eigenvalue weighted by Crippen LogP contribution is -2.36. The molecule has 0 atom stereocenters. The molecule has 0 aliphatic carbocycles. The fourth-order valence-electron chi connectivity index (χ4n) is 2.49. The van der Waals surface area contributed by atoms with E-state index in [0.29, 0.717) is 35.9 Å². The van der Waals surface area contributed by atoms with Gasteiger partial charge in [-0.1, -0.05) is 11.6 Å². The van der Waals surface area contributed by atoms with Crippen molar-refractivity contribution in [3.63, 3.8) is 0 Å². The van der Waals surface area contributed by atoms with E-state index in [4.69, 9.17) is 11.6 Å². The molecule has 0 N–H and O–H groups in total. The Kier molecular flexibility index (Phi) is 4.85. The molecule has 0 spiro atoms. The zero-order chi connectivity index (χ0) is 17.1. The van der Waals surface area contributed by atoms with Crippen LogP contribution in [0.25, 0.3) is 0 Å². The molecule has 1 aromatic heterocycles. The van der Waals surface area contributed by atoms with Crippen LogP contribution in [0.4, 0.5) is 5.82 Å². The maximum Gasteiger partial charge on any atom is 0.254 e. The van der Waals surface area contributed by atoms with Gasteiger partial charge in [-0.2, -0.15) is 10.2 Å². The van der Waals surface area contributed by atoms with Crippen molar-refractivity contribution in [1.82, 2.24) is 15.1 Å². The molecule has 0 unspecified atom stereocenters. The number of hydrogen-bond donors (Lipinski definition) is 0. The number of halogens is 1. The number of azo groups is 1. The van der Waals surface area contributed by atoms with Crippen molar-refractivity contribution in [3.05, 3.63) is 52.2 Å². The molecule has 0 radical (unpaired) electrons. The van der Waals surface area contributed by atoms with Gasteiger partial charge >= 0.3 is 0 Å². The lowest BCUT2D eigenvalue weighted by atomic mass is 10.1. The van der Waals surface area contributed by atoms with Gasteiger partial charge in [-0.25, -0.2) is 0 Å². The zero-order valence-electron chi connectivity index (χ0n) is 13.6. The predicted molar refractivity (Wildman–Crippen MR) is 91.6 cm³/mol. The first-order valence-corrected chi connectivity index (χ1v) is 8.22. The second-order valence-electron chi connectivity index (χ2n) is 5.97. The molecule has 0 saturated heterocycles. The number of nitrogens with zero attached hydrogens (tertiary/aromatic N) is 5. The Labute approximate surface area is 145 Å². The molecule has 1 aliphatic heterocycles. The summed E-state index contributed by atoms with van der Waals surface area (Å²) in [5.74, 6) is 0.461. The molecular formula is C17H18ClN5O. The summed E-state index contributed by atoms with van der Waals surface area (Å²) < 4.78 is 0. The standard InChI is InChI=1S/C17H18ClN5O/c1-11(2)19-21-16-9-13-10-23(8-7-15(13)20-22-16)17(24)12-3-5-14(18)6-4-12/h3-6,9,11H,7-8,10H2,1-2H3. The SMILES string of the molecule is CC(C)N=Nc1cc2c(nn1)CCN(C(=O)c1ccc(Cl)cc1)C2. The highest BCUT2D eigenvalue weighted by Crippen LogP contribution is 2.22. The average molecular weight is 344 g/mol. The summed E-state index contributed by atoms with van der Waals surface area (Å²) in [5, 5.41) is 17.1. The normalized spacial score (nSPS) is 14.2. The number of benzene rings is 1. The van der Waals surface area contributed by atoms with E-state index < -0.39 is 0 Å². The number of hydrogen-bond acceptors (Lipinski definition) is 5. The van der Waals surface area contributed by atoms with Crippen LogP contribution < -0.4 is 0 Å². The van der Waals surface area contributed by atoms with Crippen LogP contribution in [0.1, 0.15) is 35.5 Å². The predicted octanol–water partition coefficient (Wildman–Crippen LogP) is 3.82. The van der Waals surface area contributed by atoms with E-state index in [0.717, 1.165) is 11.3 Å². The number of fused-ring (bicyclic) bond motifs is 1. The minimum Gasteiger partial charge on any atom is -0.334 e. The lowest BCUT2D eigenvalue weighted by molar-refractivity contribution is 0.0733. The van der Waals surface area contributed by atoms with Crippen molar-refractivity contribution >= 4 is 23.3 Å². The van der Waals surface area contributed by atoms with Gasteiger partial charge in [0.1, 0.15) is 0 Å². The van der Waals surface area contributed by atoms with Crippen molar-refractivity contribution in [2.45, 2.75) is 32.9 Å². The van der Waals surface area contributed by atoms with E-state index in [1.54, 1.807) is 29.2 Å². The topological polar surface area (TPSA) is 70.8 Å². The van der Waals surface area contributed by atoms with Crippen molar-refractivity contribution in [2.75, 3.05) is 6.54 Å². The Hall–Kier alpha value is -2.34. The Morgan fingerprint density at radius 1 is 1.25 bits per heavy atom. The first-order valence-electron chi connectivity index (χ1n) is 7.84. The number of amides is 1. The second kappa shape index (κ2) is 7.05. The third-order valence-electron chi connectivity index (χ3n) is 3.70. The zero-order valence-corrected chi connectivity index (χ0v) is 14.4. The molecular weight excluding hydrogens is 326 g/mol. The fourth-order valence-corrected chi connectivity index (χ4v) is 2.61. The van der Waals surface area contributed by atoms with Crippen LogP contribution in [0.5, 0.6) is 0 Å². The van der Waals surface area contributed by atoms with Gasteiger partial charge in [0.05, 0.1) is 11.7 Å². The third kappa shape index (κ3) is 3.76. The van der Waals surface area contributed by atoms with Crippen molar-refractivity contribution in [3.8, 4) is 0 Å². The van der Waals surface area contributed by atoms with Gasteiger partial charge in [0.15, 0.2) is 5.82 Å². The van der Waals surface area contributed by atoms with Crippen LogP contribution in [0, 0.1) is 0 Å². The first-order chi connectivity index (χ1) is 11.5. The molecule has 6 nitrogen and oxygen atoms in total. The number of rotatable bonds is 3. The molecule has 3 rings (SSSR count). The maximum atomic E-state index is 12.6. The third-order valence-corrected chi connectivity index (χ3v) is 3.95. The van der Waals surface area contributed by atoms with Gasteiger partial charge in [0.2, 0.25) is 0 Å². The van der Waals surface area contributed by atoms with Crippen LogP contribution in [-0.4, -0.2) is 33.6 Å². The van der Waals surface area contributed by atoms with Crippen LogP contribution in [0.15, 0.2) is 40.6 Å². The smallest absolute Gasteiger partial charge is 0.254 e. The largest absolute Gasteiger partial charge is 0.334 e. The molecule has 0 bridgehead atoms. The molecule has 1 aliphatic rings. The van der Waals surface area contributed by atoms with Gasteiger partial charge in [-0.05, 0) is 49.7 Å². The first kappa shape index (κ1) is 16.5. The van der Waals surface area contributed by atoms with Gasteiger partial charge in [0, 0.05) is 30.1 Å². The maximum absolute atomic E-state index is 12.6. The molecule has 1 amide bonds. The number of aromatic nitrogens is 2. The highest BCUT2D eigenvalue weighted by atomic mass is 35.5. The van der Waals surface area contributed by atoms with Crippen molar-refractivity contribution in [1.29, 1.82) is 0 Å². The minimum absolute atomic E-state index is 0.0144. The molecule has 1 aromatic carbocycles. The molecule has 7 heteroatoms. The highest BCUT2D eigenvalue weighted by Gasteiger charge is 2.23. The van der Waals surface area contributed by atoms with E-state index in [9.17, 15) is 4.79 Å². The van der Waals surface area contributed by atoms with E-state index in [1.807, 2.05) is 19.9 Å². The van der Waals surface area contributed by atoms with Crippen molar-refractivity contribution in [2.24, 2.45) is 10.2 Å². The van der Waals surface area contributed by atoms with Crippen molar-refractivity contribution < 1.29 is 4.79 Å².